The van der Waals surface area contributed by atoms with Crippen molar-refractivity contribution in [3.8, 4) is 5.69 Å². The summed E-state index contributed by atoms with van der Waals surface area (Å²) < 4.78 is 27.5. The zero-order valence-electron chi connectivity index (χ0n) is 12.3. The Morgan fingerprint density at radius 3 is 2.52 bits per heavy atom. The zero-order valence-corrected chi connectivity index (χ0v) is 13.1. The van der Waals surface area contributed by atoms with E-state index in [9.17, 15) is 8.42 Å². The van der Waals surface area contributed by atoms with Crippen LogP contribution >= 0.6 is 0 Å². The molecule has 0 radical (unpaired) electrons. The third kappa shape index (κ3) is 2.91. The maximum atomic E-state index is 11.8. The van der Waals surface area contributed by atoms with Crippen molar-refractivity contribution in [2.75, 3.05) is 12.8 Å². The lowest BCUT2D eigenvalue weighted by atomic mass is 10.2. The van der Waals surface area contributed by atoms with E-state index < -0.39 is 10.0 Å². The van der Waals surface area contributed by atoms with Crippen LogP contribution in [0.2, 0.25) is 0 Å². The number of nitrogens with zero attached hydrogens (tertiary/aromatic N) is 3. The van der Waals surface area contributed by atoms with E-state index in [0.717, 1.165) is 18.1 Å². The second-order valence-electron chi connectivity index (χ2n) is 4.49. The number of nitrogens with one attached hydrogen (secondary N) is 1. The molecule has 2 rings (SSSR count). The molecule has 3 N–H and O–H groups in total. The standard InChI is InChI=1S/C13H19N5O2S/c1-4-12-16-13(5-2)18(17-12)11-7-6-9(8-10(11)14)21(19,20)15-3/h6-8,15H,4-5,14H2,1-3H3. The van der Waals surface area contributed by atoms with E-state index in [2.05, 4.69) is 14.8 Å². The smallest absolute Gasteiger partial charge is 0.240 e. The van der Waals surface area contributed by atoms with Gasteiger partial charge in [-0.05, 0) is 25.2 Å². The molecule has 114 valence electrons. The van der Waals surface area contributed by atoms with Crippen LogP contribution in [0.4, 0.5) is 5.69 Å². The summed E-state index contributed by atoms with van der Waals surface area (Å²) in [6.07, 6.45) is 1.44. The van der Waals surface area contributed by atoms with Crippen molar-refractivity contribution in [3.63, 3.8) is 0 Å². The van der Waals surface area contributed by atoms with E-state index in [1.807, 2.05) is 13.8 Å². The highest BCUT2D eigenvalue weighted by Crippen LogP contribution is 2.22. The average molecular weight is 309 g/mol. The second kappa shape index (κ2) is 5.82. The van der Waals surface area contributed by atoms with Crippen molar-refractivity contribution < 1.29 is 8.42 Å². The molecule has 0 bridgehead atoms. The van der Waals surface area contributed by atoms with E-state index in [1.54, 1.807) is 10.7 Å². The third-order valence-corrected chi connectivity index (χ3v) is 4.57. The lowest BCUT2D eigenvalue weighted by molar-refractivity contribution is 0.588. The molecular formula is C13H19N5O2S. The highest BCUT2D eigenvalue weighted by molar-refractivity contribution is 7.89. The van der Waals surface area contributed by atoms with Crippen molar-refractivity contribution in [3.05, 3.63) is 29.8 Å². The molecule has 0 spiro atoms. The van der Waals surface area contributed by atoms with E-state index in [-0.39, 0.29) is 4.90 Å². The van der Waals surface area contributed by atoms with Crippen molar-refractivity contribution in [1.82, 2.24) is 19.5 Å². The zero-order chi connectivity index (χ0) is 15.6. The van der Waals surface area contributed by atoms with Crippen molar-refractivity contribution in [1.29, 1.82) is 0 Å². The first-order chi connectivity index (χ1) is 9.92. The molecule has 0 aliphatic rings. The van der Waals surface area contributed by atoms with Crippen LogP contribution in [-0.4, -0.2) is 30.2 Å². The molecule has 0 amide bonds. The van der Waals surface area contributed by atoms with Gasteiger partial charge in [0.25, 0.3) is 0 Å². The first-order valence-electron chi connectivity index (χ1n) is 6.71. The van der Waals surface area contributed by atoms with Crippen LogP contribution in [0, 0.1) is 0 Å². The second-order valence-corrected chi connectivity index (χ2v) is 6.38. The van der Waals surface area contributed by atoms with Gasteiger partial charge in [0.2, 0.25) is 10.0 Å². The van der Waals surface area contributed by atoms with Crippen LogP contribution in [0.25, 0.3) is 5.69 Å². The van der Waals surface area contributed by atoms with Crippen LogP contribution in [0.1, 0.15) is 25.5 Å². The Bertz CT molecular complexity index is 752. The van der Waals surface area contributed by atoms with Gasteiger partial charge in [-0.1, -0.05) is 13.8 Å². The SMILES string of the molecule is CCc1nc(CC)n(-c2ccc(S(=O)(=O)NC)cc2N)n1. The van der Waals surface area contributed by atoms with Gasteiger partial charge in [-0.2, -0.15) is 5.10 Å². The van der Waals surface area contributed by atoms with Crippen molar-refractivity contribution in [2.24, 2.45) is 0 Å². The van der Waals surface area contributed by atoms with Gasteiger partial charge in [-0.3, -0.25) is 0 Å². The molecule has 0 saturated heterocycles. The highest BCUT2D eigenvalue weighted by Gasteiger charge is 2.16. The molecule has 1 heterocycles. The van der Waals surface area contributed by atoms with E-state index in [4.69, 9.17) is 5.73 Å². The van der Waals surface area contributed by atoms with Gasteiger partial charge in [0.05, 0.1) is 16.3 Å². The summed E-state index contributed by atoms with van der Waals surface area (Å²) in [5.41, 5.74) is 6.97. The normalized spacial score (nSPS) is 11.8. The van der Waals surface area contributed by atoms with Crippen LogP contribution < -0.4 is 10.5 Å². The molecule has 7 nitrogen and oxygen atoms in total. The third-order valence-electron chi connectivity index (χ3n) is 3.16. The van der Waals surface area contributed by atoms with Crippen molar-refractivity contribution >= 4 is 15.7 Å². The Morgan fingerprint density at radius 1 is 1.29 bits per heavy atom. The predicted octanol–water partition coefficient (Wildman–Crippen LogP) is 0.882. The van der Waals surface area contributed by atoms with E-state index in [0.29, 0.717) is 17.8 Å². The first-order valence-corrected chi connectivity index (χ1v) is 8.19. The van der Waals surface area contributed by atoms with Gasteiger partial charge in [0.15, 0.2) is 5.82 Å². The summed E-state index contributed by atoms with van der Waals surface area (Å²) in [4.78, 5) is 4.54. The molecule has 0 unspecified atom stereocenters. The van der Waals surface area contributed by atoms with Crippen LogP contribution in [0.15, 0.2) is 23.1 Å². The number of nitrogens with two attached hydrogens (primary N) is 1. The topological polar surface area (TPSA) is 103 Å². The fraction of sp³-hybridized carbons (Fsp3) is 0.385. The van der Waals surface area contributed by atoms with E-state index in [1.165, 1.54) is 19.2 Å². The summed E-state index contributed by atoms with van der Waals surface area (Å²) in [5.74, 6) is 1.53. The molecule has 0 aliphatic heterocycles. The van der Waals surface area contributed by atoms with Gasteiger partial charge in [-0.25, -0.2) is 22.8 Å². The summed E-state index contributed by atoms with van der Waals surface area (Å²) in [5, 5.41) is 4.40. The Kier molecular flexibility index (Phi) is 4.29. The molecule has 1 aromatic carbocycles. The average Bonchev–Trinajstić information content (AvgIpc) is 2.90. The van der Waals surface area contributed by atoms with Gasteiger partial charge in [0.1, 0.15) is 5.82 Å². The minimum Gasteiger partial charge on any atom is -0.397 e. The molecule has 2 aromatic rings. The predicted molar refractivity (Wildman–Crippen MR) is 80.8 cm³/mol. The Morgan fingerprint density at radius 2 is 2.00 bits per heavy atom. The Balaban J connectivity index is 2.54. The molecular weight excluding hydrogens is 290 g/mol. The minimum absolute atomic E-state index is 0.125. The summed E-state index contributed by atoms with van der Waals surface area (Å²) in [7, 11) is -2.15. The number of nitrogen functional groups attached to an aromatic ring is 1. The monoisotopic (exact) mass is 309 g/mol. The molecule has 21 heavy (non-hydrogen) atoms. The Labute approximate surface area is 124 Å². The van der Waals surface area contributed by atoms with Gasteiger partial charge >= 0.3 is 0 Å². The largest absolute Gasteiger partial charge is 0.397 e. The van der Waals surface area contributed by atoms with Gasteiger partial charge in [-0.15, -0.1) is 0 Å². The summed E-state index contributed by atoms with van der Waals surface area (Å²) in [6.45, 7) is 3.96. The van der Waals surface area contributed by atoms with Crippen LogP contribution in [-0.2, 0) is 22.9 Å². The number of aryl methyl sites for hydroxylation is 2. The van der Waals surface area contributed by atoms with Gasteiger partial charge < -0.3 is 5.73 Å². The molecule has 0 atom stereocenters. The number of anilines is 1. The van der Waals surface area contributed by atoms with Crippen molar-refractivity contribution in [2.45, 2.75) is 31.6 Å². The molecule has 1 aromatic heterocycles. The molecule has 8 heteroatoms. The molecule has 0 fully saturated rings. The lowest BCUT2D eigenvalue weighted by Gasteiger charge is -2.10. The summed E-state index contributed by atoms with van der Waals surface area (Å²) in [6, 6.07) is 4.57. The molecule has 0 aliphatic carbocycles. The highest BCUT2D eigenvalue weighted by atomic mass is 32.2. The van der Waals surface area contributed by atoms with Crippen LogP contribution in [0.3, 0.4) is 0 Å². The first kappa shape index (κ1) is 15.5. The summed E-state index contributed by atoms with van der Waals surface area (Å²) >= 11 is 0. The fourth-order valence-corrected chi connectivity index (χ4v) is 2.74. The minimum atomic E-state index is -3.51. The van der Waals surface area contributed by atoms with Gasteiger partial charge in [0, 0.05) is 12.8 Å². The lowest BCUT2D eigenvalue weighted by Crippen LogP contribution is -2.19. The number of hydrogen-bond donors (Lipinski definition) is 2. The quantitative estimate of drug-likeness (QED) is 0.798. The number of aromatic nitrogens is 3. The number of benzene rings is 1. The fourth-order valence-electron chi connectivity index (χ4n) is 1.97. The number of hydrogen-bond acceptors (Lipinski definition) is 5. The Hall–Kier alpha value is -1.93. The maximum Gasteiger partial charge on any atom is 0.240 e. The number of rotatable bonds is 5. The van der Waals surface area contributed by atoms with E-state index >= 15 is 0 Å². The maximum absolute atomic E-state index is 11.8. The van der Waals surface area contributed by atoms with Crippen LogP contribution in [0.5, 0.6) is 0 Å². The molecule has 0 saturated carbocycles. The number of sulfonamides is 1.